The summed E-state index contributed by atoms with van der Waals surface area (Å²) >= 11 is 0. The Hall–Kier alpha value is -1.11. The molecule has 0 aliphatic heterocycles. The largest absolute Gasteiger partial charge is 0.294 e. The molecule has 1 heteroatoms. The first-order chi connectivity index (χ1) is 6.75. The van der Waals surface area contributed by atoms with Crippen LogP contribution in [0.15, 0.2) is 18.2 Å². The van der Waals surface area contributed by atoms with Crippen molar-refractivity contribution in [3.05, 3.63) is 34.9 Å². The minimum absolute atomic E-state index is 0.343. The maximum Gasteiger partial charge on any atom is 0.163 e. The number of benzene rings is 1. The molecule has 0 radical (unpaired) electrons. The van der Waals surface area contributed by atoms with E-state index in [-0.39, 0.29) is 0 Å². The highest BCUT2D eigenvalue weighted by molar-refractivity contribution is 6.00. The summed E-state index contributed by atoms with van der Waals surface area (Å²) in [6, 6.07) is 6.50. The average Bonchev–Trinajstić information content (AvgIpc) is 2.81. The van der Waals surface area contributed by atoms with Crippen molar-refractivity contribution in [1.29, 1.82) is 0 Å². The van der Waals surface area contributed by atoms with Crippen LogP contribution in [0.4, 0.5) is 0 Å². The molecule has 1 fully saturated rings. The highest BCUT2D eigenvalue weighted by Gasteiger charge is 2.34. The molecule has 2 atom stereocenters. The Morgan fingerprint density at radius 2 is 2.07 bits per heavy atom. The van der Waals surface area contributed by atoms with E-state index in [1.165, 1.54) is 17.5 Å². The summed E-state index contributed by atoms with van der Waals surface area (Å²) in [4.78, 5) is 11.5. The van der Waals surface area contributed by atoms with Gasteiger partial charge >= 0.3 is 0 Å². The Kier molecular flexibility index (Phi) is 1.58. The van der Waals surface area contributed by atoms with Gasteiger partial charge in [0.1, 0.15) is 0 Å². The lowest BCUT2D eigenvalue weighted by Gasteiger charge is -2.02. The summed E-state index contributed by atoms with van der Waals surface area (Å²) < 4.78 is 0. The standard InChI is InChI=1S/C13H14O/c1-8-6-11(8)10-3-2-9-4-5-13(14)12(9)7-10/h2-3,7-8,11H,4-6H2,1H3/t8-,11-/m0/s1. The van der Waals surface area contributed by atoms with Crippen LogP contribution >= 0.6 is 0 Å². The van der Waals surface area contributed by atoms with Gasteiger partial charge in [0.05, 0.1) is 0 Å². The summed E-state index contributed by atoms with van der Waals surface area (Å²) in [5.41, 5.74) is 3.64. The third kappa shape index (κ3) is 1.12. The minimum atomic E-state index is 0.343. The summed E-state index contributed by atoms with van der Waals surface area (Å²) in [7, 11) is 0. The summed E-state index contributed by atoms with van der Waals surface area (Å²) in [5, 5.41) is 0. The molecule has 1 aromatic rings. The van der Waals surface area contributed by atoms with Crippen molar-refractivity contribution < 1.29 is 4.79 Å². The molecule has 0 N–H and O–H groups in total. The lowest BCUT2D eigenvalue weighted by Crippen LogP contribution is -1.93. The number of ketones is 1. The molecule has 1 aromatic carbocycles. The average molecular weight is 186 g/mol. The third-order valence-electron chi connectivity index (χ3n) is 3.59. The van der Waals surface area contributed by atoms with E-state index in [1.54, 1.807) is 0 Å². The highest BCUT2D eigenvalue weighted by atomic mass is 16.1. The first kappa shape index (κ1) is 8.22. The van der Waals surface area contributed by atoms with Crippen molar-refractivity contribution in [3.8, 4) is 0 Å². The van der Waals surface area contributed by atoms with Crippen LogP contribution in [0.2, 0.25) is 0 Å². The van der Waals surface area contributed by atoms with Crippen molar-refractivity contribution in [2.24, 2.45) is 5.92 Å². The monoisotopic (exact) mass is 186 g/mol. The highest BCUT2D eigenvalue weighted by Crippen LogP contribution is 2.47. The van der Waals surface area contributed by atoms with Crippen LogP contribution in [-0.4, -0.2) is 5.78 Å². The molecule has 0 spiro atoms. The Bertz CT molecular complexity index is 406. The second kappa shape index (κ2) is 2.69. The van der Waals surface area contributed by atoms with E-state index in [0.29, 0.717) is 5.78 Å². The Morgan fingerprint density at radius 1 is 1.29 bits per heavy atom. The quantitative estimate of drug-likeness (QED) is 0.659. The number of hydrogen-bond acceptors (Lipinski definition) is 1. The molecule has 2 aliphatic rings. The van der Waals surface area contributed by atoms with Gasteiger partial charge in [-0.3, -0.25) is 4.79 Å². The summed E-state index contributed by atoms with van der Waals surface area (Å²) in [6.45, 7) is 2.28. The topological polar surface area (TPSA) is 17.1 Å². The molecular weight excluding hydrogens is 172 g/mol. The zero-order valence-corrected chi connectivity index (χ0v) is 8.42. The van der Waals surface area contributed by atoms with Gasteiger partial charge < -0.3 is 0 Å². The zero-order chi connectivity index (χ0) is 9.71. The lowest BCUT2D eigenvalue weighted by atomic mass is 10.0. The molecule has 14 heavy (non-hydrogen) atoms. The van der Waals surface area contributed by atoms with Crippen molar-refractivity contribution in [2.75, 3.05) is 0 Å². The van der Waals surface area contributed by atoms with Gasteiger partial charge in [0.25, 0.3) is 0 Å². The SMILES string of the molecule is C[C@H]1C[C@@H]1c1ccc2c(c1)C(=O)CC2. The van der Waals surface area contributed by atoms with Crippen LogP contribution in [0.3, 0.4) is 0 Å². The van der Waals surface area contributed by atoms with Gasteiger partial charge in [-0.15, -0.1) is 0 Å². The normalized spacial score (nSPS) is 29.1. The first-order valence-electron chi connectivity index (χ1n) is 5.42. The first-order valence-corrected chi connectivity index (χ1v) is 5.42. The number of hydrogen-bond donors (Lipinski definition) is 0. The number of fused-ring (bicyclic) bond motifs is 1. The van der Waals surface area contributed by atoms with Gasteiger partial charge in [-0.2, -0.15) is 0 Å². The van der Waals surface area contributed by atoms with Crippen LogP contribution in [0.25, 0.3) is 0 Å². The van der Waals surface area contributed by atoms with Crippen LogP contribution in [0.5, 0.6) is 0 Å². The molecule has 0 heterocycles. The van der Waals surface area contributed by atoms with E-state index in [0.717, 1.165) is 30.2 Å². The van der Waals surface area contributed by atoms with E-state index in [2.05, 4.69) is 25.1 Å². The lowest BCUT2D eigenvalue weighted by molar-refractivity contribution is 0.0994. The third-order valence-corrected chi connectivity index (χ3v) is 3.59. The Labute approximate surface area is 84.1 Å². The Balaban J connectivity index is 2.02. The van der Waals surface area contributed by atoms with Crippen molar-refractivity contribution in [1.82, 2.24) is 0 Å². The molecule has 0 unspecified atom stereocenters. The number of carbonyl (C=O) groups excluding carboxylic acids is 1. The Morgan fingerprint density at radius 3 is 2.79 bits per heavy atom. The van der Waals surface area contributed by atoms with E-state index in [1.807, 2.05) is 0 Å². The van der Waals surface area contributed by atoms with E-state index >= 15 is 0 Å². The molecule has 3 rings (SSSR count). The van der Waals surface area contributed by atoms with E-state index in [9.17, 15) is 4.79 Å². The van der Waals surface area contributed by atoms with Crippen molar-refractivity contribution >= 4 is 5.78 Å². The van der Waals surface area contributed by atoms with Crippen LogP contribution in [0.1, 0.15) is 47.2 Å². The molecule has 0 bridgehead atoms. The zero-order valence-electron chi connectivity index (χ0n) is 8.42. The predicted molar refractivity (Wildman–Crippen MR) is 55.6 cm³/mol. The second-order valence-corrected chi connectivity index (χ2v) is 4.66. The smallest absolute Gasteiger partial charge is 0.163 e. The molecule has 72 valence electrons. The van der Waals surface area contributed by atoms with Gasteiger partial charge in [0, 0.05) is 12.0 Å². The van der Waals surface area contributed by atoms with Crippen molar-refractivity contribution in [2.45, 2.75) is 32.1 Å². The minimum Gasteiger partial charge on any atom is -0.294 e. The van der Waals surface area contributed by atoms with Gasteiger partial charge in [0.15, 0.2) is 5.78 Å². The number of rotatable bonds is 1. The van der Waals surface area contributed by atoms with Gasteiger partial charge in [0.2, 0.25) is 0 Å². The van der Waals surface area contributed by atoms with Gasteiger partial charge in [-0.05, 0) is 41.9 Å². The maximum absolute atomic E-state index is 11.5. The maximum atomic E-state index is 11.5. The fraction of sp³-hybridized carbons (Fsp3) is 0.462. The van der Waals surface area contributed by atoms with Crippen LogP contribution in [-0.2, 0) is 6.42 Å². The number of aryl methyl sites for hydroxylation is 1. The van der Waals surface area contributed by atoms with E-state index < -0.39 is 0 Å². The van der Waals surface area contributed by atoms with E-state index in [4.69, 9.17) is 0 Å². The summed E-state index contributed by atoms with van der Waals surface area (Å²) in [6.07, 6.45) is 2.97. The molecule has 1 nitrogen and oxygen atoms in total. The molecule has 0 amide bonds. The molecular formula is C13H14O. The summed E-state index contributed by atoms with van der Waals surface area (Å²) in [5.74, 6) is 1.90. The van der Waals surface area contributed by atoms with Crippen molar-refractivity contribution in [3.63, 3.8) is 0 Å². The predicted octanol–water partition coefficient (Wildman–Crippen LogP) is 2.94. The number of carbonyl (C=O) groups is 1. The van der Waals surface area contributed by atoms with Gasteiger partial charge in [-0.25, -0.2) is 0 Å². The molecule has 0 saturated heterocycles. The fourth-order valence-electron chi connectivity index (χ4n) is 2.47. The molecule has 1 saturated carbocycles. The second-order valence-electron chi connectivity index (χ2n) is 4.66. The molecule has 2 aliphatic carbocycles. The van der Waals surface area contributed by atoms with Crippen LogP contribution < -0.4 is 0 Å². The molecule has 0 aromatic heterocycles. The fourth-order valence-corrected chi connectivity index (χ4v) is 2.47. The van der Waals surface area contributed by atoms with Crippen LogP contribution in [0, 0.1) is 5.92 Å². The van der Waals surface area contributed by atoms with Gasteiger partial charge in [-0.1, -0.05) is 19.1 Å². The number of Topliss-reactive ketones (excluding diaryl/α,β-unsaturated/α-hetero) is 1.